The number of aryl methyl sites for hydroxylation is 1. The number of rotatable bonds is 3. The van der Waals surface area contributed by atoms with Crippen LogP contribution in [0.5, 0.6) is 5.75 Å². The smallest absolute Gasteiger partial charge is 0.181 e. The van der Waals surface area contributed by atoms with Gasteiger partial charge >= 0.3 is 0 Å². The van der Waals surface area contributed by atoms with Gasteiger partial charge in [-0.1, -0.05) is 0 Å². The lowest BCUT2D eigenvalue weighted by atomic mass is 10.1. The van der Waals surface area contributed by atoms with Gasteiger partial charge in [0, 0.05) is 43.4 Å². The van der Waals surface area contributed by atoms with Gasteiger partial charge in [0.2, 0.25) is 0 Å². The van der Waals surface area contributed by atoms with Crippen molar-refractivity contribution in [3.63, 3.8) is 0 Å². The average Bonchev–Trinajstić information content (AvgIpc) is 3.23. The molecule has 0 spiro atoms. The Morgan fingerprint density at radius 3 is 2.86 bits per heavy atom. The van der Waals surface area contributed by atoms with Crippen LogP contribution in [-0.4, -0.2) is 25.2 Å². The molecule has 0 saturated heterocycles. The summed E-state index contributed by atoms with van der Waals surface area (Å²) in [5.41, 5.74) is 2.35. The Labute approximate surface area is 129 Å². The number of hydrogen-bond donors (Lipinski definition) is 0. The maximum atomic E-state index is 5.78. The molecular weight excluding hydrogens is 276 g/mol. The van der Waals surface area contributed by atoms with Crippen LogP contribution in [0, 0.1) is 0 Å². The van der Waals surface area contributed by atoms with Crippen LogP contribution in [0.4, 0.5) is 0 Å². The van der Waals surface area contributed by atoms with Crippen LogP contribution in [0.15, 0.2) is 43.0 Å². The van der Waals surface area contributed by atoms with E-state index in [1.54, 1.807) is 0 Å². The molecule has 0 aliphatic carbocycles. The van der Waals surface area contributed by atoms with Crippen molar-refractivity contribution in [1.82, 2.24) is 19.1 Å². The van der Waals surface area contributed by atoms with Crippen molar-refractivity contribution in [2.24, 2.45) is 0 Å². The third-order valence-electron chi connectivity index (χ3n) is 4.05. The standard InChI is InChI=1S/C17H18N4O/c1-3-20-8-6-18-16(20)17-19-7-9-21(17)14-4-5-15-13(11-14)10-12(2)22-15/h4-9,11-12H,3,10H2,1-2H3. The predicted molar refractivity (Wildman–Crippen MR) is 84.3 cm³/mol. The average molecular weight is 294 g/mol. The highest BCUT2D eigenvalue weighted by molar-refractivity contribution is 5.54. The second kappa shape index (κ2) is 5.02. The Morgan fingerprint density at radius 1 is 1.18 bits per heavy atom. The van der Waals surface area contributed by atoms with Crippen LogP contribution in [0.1, 0.15) is 19.4 Å². The molecule has 1 atom stereocenters. The van der Waals surface area contributed by atoms with Crippen molar-refractivity contribution >= 4 is 0 Å². The van der Waals surface area contributed by atoms with E-state index in [2.05, 4.69) is 45.1 Å². The molecule has 1 aliphatic rings. The van der Waals surface area contributed by atoms with Gasteiger partial charge in [0.25, 0.3) is 0 Å². The minimum Gasteiger partial charge on any atom is -0.490 e. The van der Waals surface area contributed by atoms with Gasteiger partial charge in [0.05, 0.1) is 0 Å². The highest BCUT2D eigenvalue weighted by Crippen LogP contribution is 2.31. The summed E-state index contributed by atoms with van der Waals surface area (Å²) < 4.78 is 9.95. The maximum absolute atomic E-state index is 5.78. The summed E-state index contributed by atoms with van der Waals surface area (Å²) in [5, 5.41) is 0. The molecule has 112 valence electrons. The molecule has 0 N–H and O–H groups in total. The topological polar surface area (TPSA) is 44.9 Å². The highest BCUT2D eigenvalue weighted by Gasteiger charge is 2.20. The summed E-state index contributed by atoms with van der Waals surface area (Å²) in [5.74, 6) is 2.74. The largest absolute Gasteiger partial charge is 0.490 e. The molecule has 1 aliphatic heterocycles. The van der Waals surface area contributed by atoms with Crippen molar-refractivity contribution in [1.29, 1.82) is 0 Å². The zero-order valence-corrected chi connectivity index (χ0v) is 12.7. The SMILES string of the molecule is CCn1ccnc1-c1nccn1-c1ccc2c(c1)CC(C)O2. The van der Waals surface area contributed by atoms with E-state index in [9.17, 15) is 0 Å². The number of ether oxygens (including phenoxy) is 1. The van der Waals surface area contributed by atoms with Gasteiger partial charge in [0.1, 0.15) is 11.9 Å². The van der Waals surface area contributed by atoms with E-state index in [-0.39, 0.29) is 6.10 Å². The molecule has 5 heteroatoms. The molecule has 2 aromatic heterocycles. The fraction of sp³-hybridized carbons (Fsp3) is 0.294. The molecule has 3 heterocycles. The molecule has 0 fully saturated rings. The molecule has 1 unspecified atom stereocenters. The van der Waals surface area contributed by atoms with E-state index in [0.29, 0.717) is 0 Å². The first-order valence-electron chi connectivity index (χ1n) is 7.61. The van der Waals surface area contributed by atoms with Gasteiger partial charge in [-0.05, 0) is 37.6 Å². The van der Waals surface area contributed by atoms with E-state index in [4.69, 9.17) is 4.74 Å². The first-order valence-corrected chi connectivity index (χ1v) is 7.61. The highest BCUT2D eigenvalue weighted by atomic mass is 16.5. The summed E-state index contributed by atoms with van der Waals surface area (Å²) in [7, 11) is 0. The van der Waals surface area contributed by atoms with Crippen molar-refractivity contribution in [2.45, 2.75) is 32.9 Å². The fourth-order valence-corrected chi connectivity index (χ4v) is 3.01. The summed E-state index contributed by atoms with van der Waals surface area (Å²) >= 11 is 0. The second-order valence-corrected chi connectivity index (χ2v) is 5.58. The molecule has 4 rings (SSSR count). The predicted octanol–water partition coefficient (Wildman–Crippen LogP) is 3.08. The van der Waals surface area contributed by atoms with Crippen LogP contribution in [-0.2, 0) is 13.0 Å². The lowest BCUT2D eigenvalue weighted by Gasteiger charge is -2.10. The molecule has 0 amide bonds. The third-order valence-corrected chi connectivity index (χ3v) is 4.05. The van der Waals surface area contributed by atoms with Crippen LogP contribution >= 0.6 is 0 Å². The maximum Gasteiger partial charge on any atom is 0.181 e. The Kier molecular flexibility index (Phi) is 2.99. The Morgan fingerprint density at radius 2 is 2.00 bits per heavy atom. The number of fused-ring (bicyclic) bond motifs is 1. The fourth-order valence-electron chi connectivity index (χ4n) is 3.01. The minimum atomic E-state index is 0.256. The molecule has 5 nitrogen and oxygen atoms in total. The van der Waals surface area contributed by atoms with E-state index in [0.717, 1.165) is 36.1 Å². The summed E-state index contributed by atoms with van der Waals surface area (Å²) in [4.78, 5) is 8.96. The summed E-state index contributed by atoms with van der Waals surface area (Å²) in [6.45, 7) is 5.07. The van der Waals surface area contributed by atoms with Crippen LogP contribution in [0.25, 0.3) is 17.3 Å². The number of benzene rings is 1. The zero-order valence-electron chi connectivity index (χ0n) is 12.7. The van der Waals surface area contributed by atoms with Crippen molar-refractivity contribution in [3.8, 4) is 23.1 Å². The van der Waals surface area contributed by atoms with E-state index < -0.39 is 0 Å². The van der Waals surface area contributed by atoms with Gasteiger partial charge in [-0.25, -0.2) is 9.97 Å². The molecular formula is C17H18N4O. The van der Waals surface area contributed by atoms with Crippen LogP contribution in [0.2, 0.25) is 0 Å². The Hall–Kier alpha value is -2.56. The third kappa shape index (κ3) is 2.01. The number of nitrogens with zero attached hydrogens (tertiary/aromatic N) is 4. The van der Waals surface area contributed by atoms with Crippen LogP contribution in [0.3, 0.4) is 0 Å². The van der Waals surface area contributed by atoms with Crippen molar-refractivity contribution in [3.05, 3.63) is 48.5 Å². The molecule has 22 heavy (non-hydrogen) atoms. The van der Waals surface area contributed by atoms with E-state index in [1.807, 2.05) is 30.9 Å². The van der Waals surface area contributed by atoms with Gasteiger partial charge in [-0.2, -0.15) is 0 Å². The lowest BCUT2D eigenvalue weighted by molar-refractivity contribution is 0.254. The number of hydrogen-bond acceptors (Lipinski definition) is 3. The summed E-state index contributed by atoms with van der Waals surface area (Å²) in [6, 6.07) is 6.30. The molecule has 0 bridgehead atoms. The minimum absolute atomic E-state index is 0.256. The normalized spacial score (nSPS) is 16.5. The monoisotopic (exact) mass is 294 g/mol. The number of aromatic nitrogens is 4. The first-order chi connectivity index (χ1) is 10.8. The Balaban J connectivity index is 1.79. The summed E-state index contributed by atoms with van der Waals surface area (Å²) in [6.07, 6.45) is 8.80. The first kappa shape index (κ1) is 13.1. The van der Waals surface area contributed by atoms with Crippen molar-refractivity contribution < 1.29 is 4.74 Å². The molecule has 0 radical (unpaired) electrons. The van der Waals surface area contributed by atoms with Gasteiger partial charge in [-0.3, -0.25) is 4.57 Å². The molecule has 3 aromatic rings. The van der Waals surface area contributed by atoms with Crippen LogP contribution < -0.4 is 4.74 Å². The molecule has 0 saturated carbocycles. The zero-order chi connectivity index (χ0) is 15.1. The Bertz CT molecular complexity index is 818. The van der Waals surface area contributed by atoms with Crippen molar-refractivity contribution in [2.75, 3.05) is 0 Å². The molecule has 1 aromatic carbocycles. The van der Waals surface area contributed by atoms with Gasteiger partial charge in [-0.15, -0.1) is 0 Å². The second-order valence-electron chi connectivity index (χ2n) is 5.58. The van der Waals surface area contributed by atoms with Gasteiger partial charge in [0.15, 0.2) is 11.6 Å². The van der Waals surface area contributed by atoms with Gasteiger partial charge < -0.3 is 9.30 Å². The lowest BCUT2D eigenvalue weighted by Crippen LogP contribution is -2.05. The quantitative estimate of drug-likeness (QED) is 0.745. The number of imidazole rings is 2. The van der Waals surface area contributed by atoms with E-state index in [1.165, 1.54) is 5.56 Å². The van der Waals surface area contributed by atoms with E-state index >= 15 is 0 Å².